The number of para-hydroxylation sites is 1. The van der Waals surface area contributed by atoms with Crippen molar-refractivity contribution < 1.29 is 14.1 Å². The van der Waals surface area contributed by atoms with Gasteiger partial charge < -0.3 is 15.6 Å². The summed E-state index contributed by atoms with van der Waals surface area (Å²) in [6.45, 7) is 0. The van der Waals surface area contributed by atoms with Gasteiger partial charge in [0.15, 0.2) is 5.82 Å². The number of benzene rings is 3. The van der Waals surface area contributed by atoms with Crippen molar-refractivity contribution in [3.8, 4) is 17.5 Å². The molecule has 3 aromatic carbocycles. The molecule has 0 unspecified atom stereocenters. The predicted molar refractivity (Wildman–Crippen MR) is 137 cm³/mol. The molecule has 0 atom stereocenters. The number of nitriles is 1. The summed E-state index contributed by atoms with van der Waals surface area (Å²) in [5, 5.41) is 19.8. The first-order valence-corrected chi connectivity index (χ1v) is 11.4. The molecular formula is C26H17ClN6O4. The first-order valence-electron chi connectivity index (χ1n) is 11.0. The van der Waals surface area contributed by atoms with Crippen molar-refractivity contribution >= 4 is 45.7 Å². The van der Waals surface area contributed by atoms with Crippen LogP contribution in [0.4, 0.5) is 11.4 Å². The highest BCUT2D eigenvalue weighted by atomic mass is 35.5. The number of aromatic nitrogens is 3. The fraction of sp³-hybridized carbons (Fsp3) is 0.0385. The number of carbonyl (C=O) groups is 2. The number of amides is 2. The number of nitrogens with zero attached hydrogens (tertiary/aromatic N) is 2. The molecule has 37 heavy (non-hydrogen) atoms. The highest BCUT2D eigenvalue weighted by Gasteiger charge is 2.17. The fourth-order valence-electron chi connectivity index (χ4n) is 3.82. The summed E-state index contributed by atoms with van der Waals surface area (Å²) in [5.74, 6) is -1.40. The summed E-state index contributed by atoms with van der Waals surface area (Å²) < 4.78 is 4.56. The van der Waals surface area contributed by atoms with Crippen LogP contribution < -0.4 is 16.4 Å². The minimum absolute atomic E-state index is 0.0692. The van der Waals surface area contributed by atoms with E-state index in [1.807, 2.05) is 12.1 Å². The van der Waals surface area contributed by atoms with Crippen molar-refractivity contribution in [3.05, 3.63) is 99.1 Å². The summed E-state index contributed by atoms with van der Waals surface area (Å²) in [4.78, 5) is 42.6. The van der Waals surface area contributed by atoms with Crippen LogP contribution in [0.2, 0.25) is 5.02 Å². The van der Waals surface area contributed by atoms with Crippen molar-refractivity contribution in [1.29, 1.82) is 5.26 Å². The zero-order valence-electron chi connectivity index (χ0n) is 19.0. The molecule has 0 saturated heterocycles. The van der Waals surface area contributed by atoms with Crippen molar-refractivity contribution in [2.24, 2.45) is 0 Å². The standard InChI is InChI=1S/C26H17ClN6O4/c27-17-7-4-14(5-8-17)11-22(34)29-20-3-1-2-16-12-21(30-23(16)20)25(35)31-19-9-6-15(13-28)10-18(19)24-32-26(36)37-33-24/h1-10,12,30H,11H2,(H,29,34)(H,31,35)(H,32,33,36). The summed E-state index contributed by atoms with van der Waals surface area (Å²) in [6.07, 6.45) is 0.160. The molecule has 4 N–H and O–H groups in total. The lowest BCUT2D eigenvalue weighted by atomic mass is 10.1. The highest BCUT2D eigenvalue weighted by molar-refractivity contribution is 6.30. The number of H-pyrrole nitrogens is 2. The van der Waals surface area contributed by atoms with Crippen LogP contribution in [-0.2, 0) is 11.2 Å². The summed E-state index contributed by atoms with van der Waals surface area (Å²) in [6, 6.07) is 20.5. The molecule has 11 heteroatoms. The summed E-state index contributed by atoms with van der Waals surface area (Å²) in [5.41, 5.74) is 3.08. The van der Waals surface area contributed by atoms with Crippen molar-refractivity contribution in [2.45, 2.75) is 6.42 Å². The molecule has 5 rings (SSSR count). The van der Waals surface area contributed by atoms with Gasteiger partial charge >= 0.3 is 5.76 Å². The smallest absolute Gasteiger partial charge is 0.349 e. The van der Waals surface area contributed by atoms with Crippen LogP contribution in [0.5, 0.6) is 0 Å². The fourth-order valence-corrected chi connectivity index (χ4v) is 3.95. The number of carbonyl (C=O) groups excluding carboxylic acids is 2. The van der Waals surface area contributed by atoms with E-state index < -0.39 is 11.7 Å². The largest absolute Gasteiger partial charge is 0.439 e. The Morgan fingerprint density at radius 3 is 2.54 bits per heavy atom. The van der Waals surface area contributed by atoms with Gasteiger partial charge in [-0.05, 0) is 48.0 Å². The van der Waals surface area contributed by atoms with Crippen LogP contribution in [0.1, 0.15) is 21.6 Å². The van der Waals surface area contributed by atoms with E-state index in [0.29, 0.717) is 33.0 Å². The number of aromatic amines is 2. The highest BCUT2D eigenvalue weighted by Crippen LogP contribution is 2.28. The van der Waals surface area contributed by atoms with Crippen LogP contribution in [0.25, 0.3) is 22.3 Å². The molecular weight excluding hydrogens is 496 g/mol. The van der Waals surface area contributed by atoms with Crippen LogP contribution in [-0.4, -0.2) is 26.9 Å². The lowest BCUT2D eigenvalue weighted by Gasteiger charge is -2.09. The molecule has 182 valence electrons. The van der Waals surface area contributed by atoms with E-state index in [9.17, 15) is 19.6 Å². The molecule has 2 amide bonds. The maximum atomic E-state index is 13.1. The molecule has 0 radical (unpaired) electrons. The van der Waals surface area contributed by atoms with Crippen LogP contribution in [0.15, 0.2) is 76.0 Å². The third-order valence-corrected chi connectivity index (χ3v) is 5.80. The summed E-state index contributed by atoms with van der Waals surface area (Å²) >= 11 is 5.91. The molecule has 10 nitrogen and oxygen atoms in total. The Bertz CT molecular complexity index is 1740. The molecule has 5 aromatic rings. The molecule has 2 heterocycles. The minimum Gasteiger partial charge on any atom is -0.349 e. The monoisotopic (exact) mass is 512 g/mol. The van der Waals surface area contributed by atoms with Crippen LogP contribution in [0.3, 0.4) is 0 Å². The third-order valence-electron chi connectivity index (χ3n) is 5.55. The van der Waals surface area contributed by atoms with Gasteiger partial charge in [-0.1, -0.05) is 41.0 Å². The van der Waals surface area contributed by atoms with Gasteiger partial charge in [-0.2, -0.15) is 5.26 Å². The molecule has 0 aliphatic carbocycles. The van der Waals surface area contributed by atoms with E-state index in [0.717, 1.165) is 10.9 Å². The Hall–Kier alpha value is -5.14. The minimum atomic E-state index is -0.768. The van der Waals surface area contributed by atoms with Crippen LogP contribution >= 0.6 is 11.6 Å². The number of rotatable bonds is 6. The van der Waals surface area contributed by atoms with E-state index in [4.69, 9.17) is 11.6 Å². The predicted octanol–water partition coefficient (Wildman–Crippen LogP) is 4.47. The molecule has 0 spiro atoms. The normalized spacial score (nSPS) is 10.7. The average molecular weight is 513 g/mol. The molecule has 0 saturated carbocycles. The first-order chi connectivity index (χ1) is 17.9. The van der Waals surface area contributed by atoms with Crippen molar-refractivity contribution in [2.75, 3.05) is 10.6 Å². The van der Waals surface area contributed by atoms with Gasteiger partial charge in [0.25, 0.3) is 5.91 Å². The zero-order valence-corrected chi connectivity index (χ0v) is 19.7. The van der Waals surface area contributed by atoms with Gasteiger partial charge in [-0.3, -0.25) is 19.1 Å². The average Bonchev–Trinajstić information content (AvgIpc) is 3.53. The lowest BCUT2D eigenvalue weighted by Crippen LogP contribution is -2.15. The number of nitrogens with one attached hydrogen (secondary N) is 4. The van der Waals surface area contributed by atoms with Gasteiger partial charge in [0, 0.05) is 16.0 Å². The van der Waals surface area contributed by atoms with E-state index in [2.05, 4.69) is 30.3 Å². The van der Waals surface area contributed by atoms with Crippen molar-refractivity contribution in [1.82, 2.24) is 15.1 Å². The van der Waals surface area contributed by atoms with E-state index in [1.165, 1.54) is 18.2 Å². The number of hydrogen-bond acceptors (Lipinski definition) is 6. The molecule has 0 bridgehead atoms. The maximum Gasteiger partial charge on any atom is 0.439 e. The first kappa shape index (κ1) is 23.6. The molecule has 2 aromatic heterocycles. The Morgan fingerprint density at radius 1 is 1.00 bits per heavy atom. The second-order valence-electron chi connectivity index (χ2n) is 8.07. The van der Waals surface area contributed by atoms with Gasteiger partial charge in [0.05, 0.1) is 34.9 Å². The molecule has 0 fully saturated rings. The molecule has 0 aliphatic rings. The Morgan fingerprint density at radius 2 is 1.81 bits per heavy atom. The zero-order chi connectivity index (χ0) is 25.9. The summed E-state index contributed by atoms with van der Waals surface area (Å²) in [7, 11) is 0. The number of anilines is 2. The SMILES string of the molecule is N#Cc1ccc(NC(=O)c2cc3cccc(NC(=O)Cc4ccc(Cl)cc4)c3[nH]2)c(-c2noc(=O)[nH]2)c1. The van der Waals surface area contributed by atoms with Gasteiger partial charge in [-0.25, -0.2) is 4.79 Å². The molecule has 0 aliphatic heterocycles. The second-order valence-corrected chi connectivity index (χ2v) is 8.51. The number of fused-ring (bicyclic) bond motifs is 1. The third kappa shape index (κ3) is 5.12. The maximum absolute atomic E-state index is 13.1. The lowest BCUT2D eigenvalue weighted by molar-refractivity contribution is -0.115. The van der Waals surface area contributed by atoms with E-state index >= 15 is 0 Å². The van der Waals surface area contributed by atoms with E-state index in [1.54, 1.807) is 42.5 Å². The van der Waals surface area contributed by atoms with Crippen LogP contribution in [0, 0.1) is 11.3 Å². The Kier molecular flexibility index (Phi) is 6.28. The Balaban J connectivity index is 1.39. The second kappa shape index (κ2) is 9.85. The topological polar surface area (TPSA) is 157 Å². The van der Waals surface area contributed by atoms with Gasteiger partial charge in [-0.15, -0.1) is 0 Å². The van der Waals surface area contributed by atoms with Gasteiger partial charge in [0.1, 0.15) is 5.69 Å². The number of hydrogen-bond donors (Lipinski definition) is 4. The van der Waals surface area contributed by atoms with Crippen molar-refractivity contribution in [3.63, 3.8) is 0 Å². The van der Waals surface area contributed by atoms with E-state index in [-0.39, 0.29) is 23.8 Å². The number of halogens is 1. The quantitative estimate of drug-likeness (QED) is 0.263. The van der Waals surface area contributed by atoms with Gasteiger partial charge in [0.2, 0.25) is 5.91 Å². The Labute approximate surface area is 213 Å².